The van der Waals surface area contributed by atoms with Gasteiger partial charge in [-0.3, -0.25) is 4.79 Å². The van der Waals surface area contributed by atoms with Gasteiger partial charge in [-0.2, -0.15) is 13.2 Å². The number of alkyl halides is 3. The van der Waals surface area contributed by atoms with Gasteiger partial charge in [0, 0.05) is 13.2 Å². The van der Waals surface area contributed by atoms with Crippen LogP contribution in [0.5, 0.6) is 0 Å². The van der Waals surface area contributed by atoms with E-state index < -0.39 is 36.9 Å². The Morgan fingerprint density at radius 1 is 1.29 bits per heavy atom. The van der Waals surface area contributed by atoms with Crippen LogP contribution >= 0.6 is 0 Å². The molecule has 0 aromatic rings. The van der Waals surface area contributed by atoms with Gasteiger partial charge in [0.05, 0.1) is 12.7 Å². The van der Waals surface area contributed by atoms with Crippen LogP contribution in [0.4, 0.5) is 13.2 Å². The second-order valence-electron chi connectivity index (χ2n) is 6.18. The van der Waals surface area contributed by atoms with Crippen molar-refractivity contribution in [3.8, 4) is 0 Å². The summed E-state index contributed by atoms with van der Waals surface area (Å²) in [5.41, 5.74) is 0. The minimum atomic E-state index is -4.48. The second kappa shape index (κ2) is 6.12. The van der Waals surface area contributed by atoms with E-state index in [2.05, 4.69) is 0 Å². The van der Waals surface area contributed by atoms with Gasteiger partial charge in [-0.1, -0.05) is 13.8 Å². The van der Waals surface area contributed by atoms with Crippen LogP contribution in [-0.4, -0.2) is 55.0 Å². The summed E-state index contributed by atoms with van der Waals surface area (Å²) in [5, 5.41) is 0. The highest BCUT2D eigenvalue weighted by Crippen LogP contribution is 2.33. The summed E-state index contributed by atoms with van der Waals surface area (Å²) in [6, 6.07) is -1.88. The molecule has 1 amide bonds. The van der Waals surface area contributed by atoms with Gasteiger partial charge in [0.25, 0.3) is 5.91 Å². The van der Waals surface area contributed by atoms with Gasteiger partial charge >= 0.3 is 6.18 Å². The third-order valence-corrected chi connectivity index (χ3v) is 4.27. The summed E-state index contributed by atoms with van der Waals surface area (Å²) in [6.45, 7) is 5.47. The Morgan fingerprint density at radius 3 is 2.52 bits per heavy atom. The number of hydrogen-bond donors (Lipinski definition) is 0. The molecule has 0 spiro atoms. The van der Waals surface area contributed by atoms with Gasteiger partial charge in [0.15, 0.2) is 6.04 Å². The summed E-state index contributed by atoms with van der Waals surface area (Å²) >= 11 is 0. The monoisotopic (exact) mass is 309 g/mol. The number of morpholine rings is 1. The highest BCUT2D eigenvalue weighted by molar-refractivity contribution is 5.82. The smallest absolute Gasteiger partial charge is 0.374 e. The number of nitrogens with zero attached hydrogens (tertiary/aromatic N) is 1. The Bertz CT molecular complexity index is 386. The first-order chi connectivity index (χ1) is 9.71. The molecule has 0 bridgehead atoms. The molecular weight excluding hydrogens is 287 g/mol. The fourth-order valence-electron chi connectivity index (χ4n) is 3.02. The second-order valence-corrected chi connectivity index (χ2v) is 6.18. The van der Waals surface area contributed by atoms with E-state index >= 15 is 0 Å². The molecule has 2 aliphatic heterocycles. The Hall–Kier alpha value is -0.820. The molecule has 2 aliphatic rings. The van der Waals surface area contributed by atoms with E-state index in [1.807, 2.05) is 13.8 Å². The first kappa shape index (κ1) is 16.5. The Morgan fingerprint density at radius 2 is 1.95 bits per heavy atom. The molecule has 2 unspecified atom stereocenters. The maximum absolute atomic E-state index is 13.1. The van der Waals surface area contributed by atoms with Crippen molar-refractivity contribution in [3.05, 3.63) is 0 Å². The standard InChI is InChI=1S/C14H22F3NO3/c1-8(2)10-4-5-20-12(10)13(19)18-6-9(3)21-7-11(18)14(15,16)17/h8-12H,4-7H2,1-3H3/t9?,10-,11?,12-/m0/s1. The highest BCUT2D eigenvalue weighted by Gasteiger charge is 2.51. The van der Waals surface area contributed by atoms with Gasteiger partial charge in [-0.15, -0.1) is 0 Å². The molecule has 21 heavy (non-hydrogen) atoms. The van der Waals surface area contributed by atoms with Crippen LogP contribution in [0.15, 0.2) is 0 Å². The quantitative estimate of drug-likeness (QED) is 0.785. The first-order valence-corrected chi connectivity index (χ1v) is 7.32. The number of carbonyl (C=O) groups is 1. The van der Waals surface area contributed by atoms with Gasteiger partial charge in [-0.05, 0) is 25.2 Å². The third kappa shape index (κ3) is 3.51. The predicted molar refractivity (Wildman–Crippen MR) is 69.7 cm³/mol. The maximum Gasteiger partial charge on any atom is 0.411 e. The molecule has 2 heterocycles. The van der Waals surface area contributed by atoms with Crippen LogP contribution in [0.3, 0.4) is 0 Å². The van der Waals surface area contributed by atoms with Crippen LogP contribution in [0, 0.1) is 11.8 Å². The van der Waals surface area contributed by atoms with Crippen LogP contribution in [0.2, 0.25) is 0 Å². The van der Waals surface area contributed by atoms with Crippen molar-refractivity contribution in [3.63, 3.8) is 0 Å². The first-order valence-electron chi connectivity index (χ1n) is 7.32. The summed E-state index contributed by atoms with van der Waals surface area (Å²) in [5.74, 6) is -0.377. The molecule has 4 nitrogen and oxygen atoms in total. The number of hydrogen-bond acceptors (Lipinski definition) is 3. The largest absolute Gasteiger partial charge is 0.411 e. The fraction of sp³-hybridized carbons (Fsp3) is 0.929. The molecule has 2 saturated heterocycles. The maximum atomic E-state index is 13.1. The molecule has 0 aromatic heterocycles. The minimum absolute atomic E-state index is 0.0236. The number of ether oxygens (including phenoxy) is 2. The van der Waals surface area contributed by atoms with Crippen LogP contribution in [0.1, 0.15) is 27.2 Å². The molecule has 0 saturated carbocycles. The average Bonchev–Trinajstić information content (AvgIpc) is 2.85. The van der Waals surface area contributed by atoms with Crippen molar-refractivity contribution in [2.45, 2.75) is 51.6 Å². The van der Waals surface area contributed by atoms with Crippen molar-refractivity contribution in [1.29, 1.82) is 0 Å². The normalized spacial score (nSPS) is 34.5. The molecule has 0 N–H and O–H groups in total. The highest BCUT2D eigenvalue weighted by atomic mass is 19.4. The zero-order chi connectivity index (χ0) is 15.8. The van der Waals surface area contributed by atoms with Crippen LogP contribution in [-0.2, 0) is 14.3 Å². The number of carbonyl (C=O) groups excluding carboxylic acids is 1. The molecule has 7 heteroatoms. The van der Waals surface area contributed by atoms with E-state index in [9.17, 15) is 18.0 Å². The van der Waals surface area contributed by atoms with Crippen molar-refractivity contribution in [2.24, 2.45) is 11.8 Å². The van der Waals surface area contributed by atoms with Gasteiger partial charge in [0.2, 0.25) is 0 Å². The van der Waals surface area contributed by atoms with E-state index in [1.165, 1.54) is 0 Å². The summed E-state index contributed by atoms with van der Waals surface area (Å²) in [7, 11) is 0. The molecule has 0 aliphatic carbocycles. The van der Waals surface area contributed by atoms with E-state index in [-0.39, 0.29) is 18.4 Å². The zero-order valence-electron chi connectivity index (χ0n) is 12.5. The fourth-order valence-corrected chi connectivity index (χ4v) is 3.02. The molecule has 2 fully saturated rings. The average molecular weight is 309 g/mol. The lowest BCUT2D eigenvalue weighted by molar-refractivity contribution is -0.224. The molecule has 122 valence electrons. The molecule has 4 atom stereocenters. The Labute approximate surface area is 122 Å². The topological polar surface area (TPSA) is 38.8 Å². The van der Waals surface area contributed by atoms with Gasteiger partial charge in [0.1, 0.15) is 6.10 Å². The molecular formula is C14H22F3NO3. The lowest BCUT2D eigenvalue weighted by Crippen LogP contribution is -2.60. The van der Waals surface area contributed by atoms with Crippen LogP contribution in [0.25, 0.3) is 0 Å². The van der Waals surface area contributed by atoms with E-state index in [0.29, 0.717) is 13.0 Å². The Kier molecular flexibility index (Phi) is 4.82. The zero-order valence-corrected chi connectivity index (χ0v) is 12.5. The number of halogens is 3. The van der Waals surface area contributed by atoms with E-state index in [1.54, 1.807) is 6.92 Å². The Balaban J connectivity index is 2.17. The van der Waals surface area contributed by atoms with E-state index in [4.69, 9.17) is 9.47 Å². The minimum Gasteiger partial charge on any atom is -0.374 e. The predicted octanol–water partition coefficient (Wildman–Crippen LogP) is 2.23. The van der Waals surface area contributed by atoms with Crippen molar-refractivity contribution < 1.29 is 27.4 Å². The summed E-state index contributed by atoms with van der Waals surface area (Å²) in [6.07, 6.45) is -4.93. The number of amides is 1. The molecule has 0 radical (unpaired) electrons. The summed E-state index contributed by atoms with van der Waals surface area (Å²) in [4.78, 5) is 13.5. The van der Waals surface area contributed by atoms with E-state index in [0.717, 1.165) is 4.90 Å². The van der Waals surface area contributed by atoms with Crippen molar-refractivity contribution in [2.75, 3.05) is 19.8 Å². The summed E-state index contributed by atoms with van der Waals surface area (Å²) < 4.78 is 49.8. The lowest BCUT2D eigenvalue weighted by Gasteiger charge is -2.41. The van der Waals surface area contributed by atoms with Crippen molar-refractivity contribution >= 4 is 5.91 Å². The van der Waals surface area contributed by atoms with Gasteiger partial charge in [-0.25, -0.2) is 0 Å². The number of rotatable bonds is 2. The molecule has 2 rings (SSSR count). The SMILES string of the molecule is CC1CN(C(=O)[C@H]2OCC[C@H]2C(C)C)C(C(F)(F)F)CO1. The molecule has 0 aromatic carbocycles. The van der Waals surface area contributed by atoms with Gasteiger partial charge < -0.3 is 14.4 Å². The van der Waals surface area contributed by atoms with Crippen LogP contribution < -0.4 is 0 Å². The van der Waals surface area contributed by atoms with Crippen molar-refractivity contribution in [1.82, 2.24) is 4.90 Å². The lowest BCUT2D eigenvalue weighted by atomic mass is 9.88. The third-order valence-electron chi connectivity index (χ3n) is 4.27.